The van der Waals surface area contributed by atoms with Gasteiger partial charge in [-0.25, -0.2) is 9.97 Å². The zero-order valence-electron chi connectivity index (χ0n) is 19.2. The number of hydrogen-bond donors (Lipinski definition) is 0. The molecule has 0 N–H and O–H groups in total. The number of amides is 1. The van der Waals surface area contributed by atoms with Crippen LogP contribution >= 0.6 is 0 Å². The van der Waals surface area contributed by atoms with E-state index in [1.54, 1.807) is 10.9 Å². The maximum absolute atomic E-state index is 13.6. The molecule has 1 fully saturated rings. The second kappa shape index (κ2) is 7.87. The molecule has 3 aromatic heterocycles. The maximum atomic E-state index is 13.6. The Morgan fingerprint density at radius 2 is 1.94 bits per heavy atom. The van der Waals surface area contributed by atoms with Gasteiger partial charge in [0.2, 0.25) is 0 Å². The van der Waals surface area contributed by atoms with Crippen molar-refractivity contribution in [2.75, 3.05) is 6.54 Å². The Labute approximate surface area is 183 Å². The zero-order chi connectivity index (χ0) is 22.3. The smallest absolute Gasteiger partial charge is 0.272 e. The summed E-state index contributed by atoms with van der Waals surface area (Å²) in [6.45, 7) is 11.0. The fraction of sp³-hybridized carbons (Fsp3) is 0.458. The number of hydrogen-bond acceptors (Lipinski definition) is 5. The molecule has 7 nitrogen and oxygen atoms in total. The van der Waals surface area contributed by atoms with E-state index in [4.69, 9.17) is 4.98 Å². The Morgan fingerprint density at radius 1 is 1.16 bits per heavy atom. The quantitative estimate of drug-likeness (QED) is 0.638. The third-order valence-electron chi connectivity index (χ3n) is 5.95. The standard InChI is InChI=1S/C24H30N6O/c1-15-13-25-10-9-17(15)18-14-26-16(2)27-22(18)19-8-7-11-30(19)23(31)20-12-21(24(3,4)5)28-29(20)6/h9-10,12-14,19H,7-8,11H2,1-6H3/t19-/m1/s1. The van der Waals surface area contributed by atoms with E-state index < -0.39 is 0 Å². The van der Waals surface area contributed by atoms with E-state index in [1.807, 2.05) is 50.3 Å². The van der Waals surface area contributed by atoms with Gasteiger partial charge >= 0.3 is 0 Å². The van der Waals surface area contributed by atoms with Crippen LogP contribution in [0.1, 0.15) is 72.9 Å². The van der Waals surface area contributed by atoms with E-state index in [2.05, 4.69) is 35.8 Å². The molecule has 4 rings (SSSR count). The van der Waals surface area contributed by atoms with Crippen LogP contribution in [0, 0.1) is 13.8 Å². The highest BCUT2D eigenvalue weighted by Gasteiger charge is 2.35. The van der Waals surface area contributed by atoms with Gasteiger partial charge in [0.05, 0.1) is 17.4 Å². The van der Waals surface area contributed by atoms with Crippen LogP contribution in [-0.4, -0.2) is 42.1 Å². The SMILES string of the molecule is Cc1ncc(-c2ccncc2C)c([C@H]2CCCN2C(=O)c2cc(C(C)(C)C)nn2C)n1. The van der Waals surface area contributed by atoms with Crippen molar-refractivity contribution >= 4 is 5.91 Å². The van der Waals surface area contributed by atoms with Gasteiger partial charge in [0.1, 0.15) is 11.5 Å². The monoisotopic (exact) mass is 418 g/mol. The average Bonchev–Trinajstić information content (AvgIpc) is 3.35. The lowest BCUT2D eigenvalue weighted by atomic mass is 9.92. The highest BCUT2D eigenvalue weighted by atomic mass is 16.2. The van der Waals surface area contributed by atoms with Gasteiger partial charge in [-0.15, -0.1) is 0 Å². The first-order valence-corrected chi connectivity index (χ1v) is 10.8. The van der Waals surface area contributed by atoms with Crippen molar-refractivity contribution in [1.29, 1.82) is 0 Å². The van der Waals surface area contributed by atoms with E-state index in [1.165, 1.54) is 0 Å². The van der Waals surface area contributed by atoms with Crippen LogP contribution in [0.25, 0.3) is 11.1 Å². The molecular weight excluding hydrogens is 388 g/mol. The van der Waals surface area contributed by atoms with Gasteiger partial charge in [0, 0.05) is 43.2 Å². The summed E-state index contributed by atoms with van der Waals surface area (Å²) in [5, 5.41) is 4.60. The molecule has 0 unspecified atom stereocenters. The second-order valence-electron chi connectivity index (χ2n) is 9.35. The molecule has 4 heterocycles. The van der Waals surface area contributed by atoms with E-state index in [-0.39, 0.29) is 17.4 Å². The number of nitrogens with zero attached hydrogens (tertiary/aromatic N) is 6. The fourth-order valence-corrected chi connectivity index (χ4v) is 4.20. The van der Waals surface area contributed by atoms with Gasteiger partial charge in [0.15, 0.2) is 0 Å². The molecule has 1 saturated heterocycles. The summed E-state index contributed by atoms with van der Waals surface area (Å²) < 4.78 is 1.71. The van der Waals surface area contributed by atoms with Crippen LogP contribution in [0.3, 0.4) is 0 Å². The highest BCUT2D eigenvalue weighted by Crippen LogP contribution is 2.38. The number of aryl methyl sites for hydroxylation is 3. The minimum absolute atomic E-state index is 0.00154. The molecule has 1 amide bonds. The van der Waals surface area contributed by atoms with Crippen molar-refractivity contribution in [3.8, 4) is 11.1 Å². The summed E-state index contributed by atoms with van der Waals surface area (Å²) in [5.41, 5.74) is 5.41. The second-order valence-corrected chi connectivity index (χ2v) is 9.35. The number of pyridine rings is 1. The number of carbonyl (C=O) groups is 1. The van der Waals surface area contributed by atoms with Crippen molar-refractivity contribution in [2.45, 2.75) is 58.9 Å². The van der Waals surface area contributed by atoms with E-state index >= 15 is 0 Å². The highest BCUT2D eigenvalue weighted by molar-refractivity contribution is 5.93. The molecule has 3 aromatic rings. The van der Waals surface area contributed by atoms with Crippen molar-refractivity contribution in [2.24, 2.45) is 7.05 Å². The Morgan fingerprint density at radius 3 is 2.61 bits per heavy atom. The Balaban J connectivity index is 1.75. The van der Waals surface area contributed by atoms with E-state index in [0.29, 0.717) is 18.1 Å². The van der Waals surface area contributed by atoms with Crippen molar-refractivity contribution in [1.82, 2.24) is 29.6 Å². The molecular formula is C24H30N6O. The lowest BCUT2D eigenvalue weighted by molar-refractivity contribution is 0.0722. The topological polar surface area (TPSA) is 76.8 Å². The summed E-state index contributed by atoms with van der Waals surface area (Å²) in [5.74, 6) is 0.710. The number of likely N-dealkylation sites (tertiary alicyclic amines) is 1. The van der Waals surface area contributed by atoms with Gasteiger partial charge in [-0.3, -0.25) is 14.5 Å². The van der Waals surface area contributed by atoms with Crippen LogP contribution in [0.5, 0.6) is 0 Å². The number of aromatic nitrogens is 5. The Bertz CT molecular complexity index is 1130. The molecule has 0 spiro atoms. The van der Waals surface area contributed by atoms with Gasteiger partial charge in [-0.05, 0) is 49.9 Å². The molecule has 1 aliphatic rings. The molecule has 0 bridgehead atoms. The lowest BCUT2D eigenvalue weighted by Crippen LogP contribution is -2.32. The van der Waals surface area contributed by atoms with Gasteiger partial charge in [-0.1, -0.05) is 20.8 Å². The molecule has 7 heteroatoms. The first-order chi connectivity index (χ1) is 14.7. The minimum atomic E-state index is -0.115. The molecule has 0 aromatic carbocycles. The predicted molar refractivity (Wildman–Crippen MR) is 120 cm³/mol. The normalized spacial score (nSPS) is 16.7. The van der Waals surface area contributed by atoms with Crippen LogP contribution in [0.2, 0.25) is 0 Å². The Hall–Kier alpha value is -3.09. The number of rotatable bonds is 3. The van der Waals surface area contributed by atoms with Crippen LogP contribution < -0.4 is 0 Å². The summed E-state index contributed by atoms with van der Waals surface area (Å²) in [4.78, 5) is 29.0. The van der Waals surface area contributed by atoms with Crippen molar-refractivity contribution in [3.63, 3.8) is 0 Å². The number of carbonyl (C=O) groups excluding carboxylic acids is 1. The van der Waals surface area contributed by atoms with Gasteiger partial charge < -0.3 is 4.90 Å². The molecule has 0 saturated carbocycles. The average molecular weight is 419 g/mol. The van der Waals surface area contributed by atoms with Crippen LogP contribution in [0.4, 0.5) is 0 Å². The molecule has 0 aliphatic carbocycles. The maximum Gasteiger partial charge on any atom is 0.272 e. The minimum Gasteiger partial charge on any atom is -0.329 e. The van der Waals surface area contributed by atoms with Crippen molar-refractivity contribution < 1.29 is 4.79 Å². The first kappa shape index (κ1) is 21.2. The largest absolute Gasteiger partial charge is 0.329 e. The molecule has 31 heavy (non-hydrogen) atoms. The van der Waals surface area contributed by atoms with Gasteiger partial charge in [-0.2, -0.15) is 5.10 Å². The molecule has 162 valence electrons. The first-order valence-electron chi connectivity index (χ1n) is 10.8. The van der Waals surface area contributed by atoms with Gasteiger partial charge in [0.25, 0.3) is 5.91 Å². The lowest BCUT2D eigenvalue weighted by Gasteiger charge is -2.26. The van der Waals surface area contributed by atoms with Crippen LogP contribution in [0.15, 0.2) is 30.7 Å². The summed E-state index contributed by atoms with van der Waals surface area (Å²) in [6.07, 6.45) is 7.33. The molecule has 1 atom stereocenters. The zero-order valence-corrected chi connectivity index (χ0v) is 19.2. The molecule has 1 aliphatic heterocycles. The summed E-state index contributed by atoms with van der Waals surface area (Å²) >= 11 is 0. The summed E-state index contributed by atoms with van der Waals surface area (Å²) in [7, 11) is 1.84. The fourth-order valence-electron chi connectivity index (χ4n) is 4.20. The third kappa shape index (κ3) is 3.96. The predicted octanol–water partition coefficient (Wildman–Crippen LogP) is 4.16. The molecule has 0 radical (unpaired) electrons. The summed E-state index contributed by atoms with van der Waals surface area (Å²) in [6, 6.07) is 3.83. The Kier molecular flexibility index (Phi) is 5.37. The van der Waals surface area contributed by atoms with E-state index in [9.17, 15) is 4.79 Å². The third-order valence-corrected chi connectivity index (χ3v) is 5.95. The van der Waals surface area contributed by atoms with Crippen LogP contribution in [-0.2, 0) is 12.5 Å². The van der Waals surface area contributed by atoms with E-state index in [0.717, 1.165) is 40.9 Å². The van der Waals surface area contributed by atoms with Crippen molar-refractivity contribution in [3.05, 3.63) is 59.2 Å².